The molecule has 19 heavy (non-hydrogen) atoms. The molecule has 0 saturated carbocycles. The van der Waals surface area contributed by atoms with Crippen molar-refractivity contribution in [2.45, 2.75) is 38.0 Å². The summed E-state index contributed by atoms with van der Waals surface area (Å²) in [7, 11) is 0. The van der Waals surface area contributed by atoms with Gasteiger partial charge < -0.3 is 5.11 Å². The van der Waals surface area contributed by atoms with Crippen LogP contribution in [-0.2, 0) is 6.54 Å². The second-order valence-electron chi connectivity index (χ2n) is 5.93. The van der Waals surface area contributed by atoms with Crippen molar-refractivity contribution in [3.63, 3.8) is 0 Å². The van der Waals surface area contributed by atoms with Crippen LogP contribution < -0.4 is 0 Å². The molecule has 0 aromatic heterocycles. The topological polar surface area (TPSA) is 26.7 Å². The molecule has 1 aromatic carbocycles. The highest BCUT2D eigenvalue weighted by atomic mass is 16.3. The standard InChI is InChI=1S/C16H24N2O/c19-16-8-11-18(13-16)15-6-9-17(10-7-15)12-14-4-2-1-3-5-14/h1-5,15-16,19H,6-13H2/t16-/m0/s1. The Balaban J connectivity index is 1.47. The van der Waals surface area contributed by atoms with E-state index in [2.05, 4.69) is 40.1 Å². The van der Waals surface area contributed by atoms with Gasteiger partial charge in [-0.1, -0.05) is 30.3 Å². The minimum atomic E-state index is -0.0812. The molecule has 2 aliphatic rings. The first-order chi connectivity index (χ1) is 9.31. The monoisotopic (exact) mass is 260 g/mol. The van der Waals surface area contributed by atoms with Gasteiger partial charge in [0.05, 0.1) is 6.10 Å². The summed E-state index contributed by atoms with van der Waals surface area (Å²) in [5, 5.41) is 9.62. The Labute approximate surface area is 115 Å². The van der Waals surface area contributed by atoms with Gasteiger partial charge in [-0.05, 0) is 37.9 Å². The molecular weight excluding hydrogens is 236 g/mol. The second kappa shape index (κ2) is 6.04. The van der Waals surface area contributed by atoms with Gasteiger partial charge >= 0.3 is 0 Å². The van der Waals surface area contributed by atoms with Crippen LogP contribution in [0.4, 0.5) is 0 Å². The van der Waals surface area contributed by atoms with Crippen LogP contribution in [0.2, 0.25) is 0 Å². The Kier molecular flexibility index (Phi) is 4.16. The summed E-state index contributed by atoms with van der Waals surface area (Å²) in [6.45, 7) is 5.43. The van der Waals surface area contributed by atoms with Crippen LogP contribution in [0.5, 0.6) is 0 Å². The summed E-state index contributed by atoms with van der Waals surface area (Å²) in [4.78, 5) is 5.04. The van der Waals surface area contributed by atoms with Gasteiger partial charge in [-0.25, -0.2) is 0 Å². The molecule has 2 heterocycles. The van der Waals surface area contributed by atoms with Crippen molar-refractivity contribution in [2.75, 3.05) is 26.2 Å². The highest BCUT2D eigenvalue weighted by molar-refractivity contribution is 5.14. The van der Waals surface area contributed by atoms with Crippen molar-refractivity contribution in [3.8, 4) is 0 Å². The van der Waals surface area contributed by atoms with E-state index >= 15 is 0 Å². The fourth-order valence-electron chi connectivity index (χ4n) is 3.38. The number of benzene rings is 1. The molecule has 0 aliphatic carbocycles. The van der Waals surface area contributed by atoms with E-state index < -0.39 is 0 Å². The van der Waals surface area contributed by atoms with Crippen LogP contribution >= 0.6 is 0 Å². The average Bonchev–Trinajstić information content (AvgIpc) is 2.87. The molecule has 104 valence electrons. The number of aliphatic hydroxyl groups is 1. The Morgan fingerprint density at radius 3 is 2.37 bits per heavy atom. The van der Waals surface area contributed by atoms with Crippen LogP contribution in [-0.4, -0.2) is 53.2 Å². The fourth-order valence-corrected chi connectivity index (χ4v) is 3.38. The summed E-state index contributed by atoms with van der Waals surface area (Å²) < 4.78 is 0. The van der Waals surface area contributed by atoms with E-state index in [1.54, 1.807) is 0 Å². The molecule has 1 atom stereocenters. The minimum absolute atomic E-state index is 0.0812. The normalized spacial score (nSPS) is 26.9. The van der Waals surface area contributed by atoms with Gasteiger partial charge in [0.1, 0.15) is 0 Å². The molecule has 0 bridgehead atoms. The Morgan fingerprint density at radius 1 is 1.00 bits per heavy atom. The van der Waals surface area contributed by atoms with E-state index in [4.69, 9.17) is 0 Å². The zero-order valence-corrected chi connectivity index (χ0v) is 11.5. The smallest absolute Gasteiger partial charge is 0.0679 e. The lowest BCUT2D eigenvalue weighted by Crippen LogP contribution is -2.44. The lowest BCUT2D eigenvalue weighted by molar-refractivity contribution is 0.106. The molecule has 0 spiro atoms. The molecule has 0 amide bonds. The van der Waals surface area contributed by atoms with E-state index in [0.29, 0.717) is 6.04 Å². The third-order valence-electron chi connectivity index (χ3n) is 4.52. The zero-order valence-electron chi connectivity index (χ0n) is 11.5. The maximum absolute atomic E-state index is 9.62. The number of piperidine rings is 1. The molecule has 2 aliphatic heterocycles. The second-order valence-corrected chi connectivity index (χ2v) is 5.93. The summed E-state index contributed by atoms with van der Waals surface area (Å²) >= 11 is 0. The minimum Gasteiger partial charge on any atom is -0.392 e. The Hall–Kier alpha value is -0.900. The van der Waals surface area contributed by atoms with Gasteiger partial charge in [-0.3, -0.25) is 9.80 Å². The maximum Gasteiger partial charge on any atom is 0.0679 e. The van der Waals surface area contributed by atoms with Crippen molar-refractivity contribution in [3.05, 3.63) is 35.9 Å². The van der Waals surface area contributed by atoms with Gasteiger partial charge in [0.15, 0.2) is 0 Å². The van der Waals surface area contributed by atoms with Crippen LogP contribution in [0.1, 0.15) is 24.8 Å². The molecule has 1 aromatic rings. The number of aliphatic hydroxyl groups excluding tert-OH is 1. The zero-order chi connectivity index (χ0) is 13.1. The van der Waals surface area contributed by atoms with Crippen molar-refractivity contribution in [1.29, 1.82) is 0 Å². The molecule has 3 heteroatoms. The van der Waals surface area contributed by atoms with E-state index in [1.807, 2.05) is 0 Å². The third-order valence-corrected chi connectivity index (χ3v) is 4.52. The first kappa shape index (κ1) is 13.1. The van der Waals surface area contributed by atoms with Gasteiger partial charge in [-0.2, -0.15) is 0 Å². The first-order valence-corrected chi connectivity index (χ1v) is 7.49. The SMILES string of the molecule is O[C@H]1CCN(C2CCN(Cc3ccccc3)CC2)C1. The van der Waals surface area contributed by atoms with Crippen molar-refractivity contribution >= 4 is 0 Å². The lowest BCUT2D eigenvalue weighted by atomic mass is 10.0. The maximum atomic E-state index is 9.62. The molecule has 1 N–H and O–H groups in total. The molecule has 2 fully saturated rings. The number of likely N-dealkylation sites (tertiary alicyclic amines) is 2. The van der Waals surface area contributed by atoms with E-state index in [9.17, 15) is 5.11 Å². The van der Waals surface area contributed by atoms with Crippen LogP contribution in [0.15, 0.2) is 30.3 Å². The Bertz CT molecular complexity index is 387. The number of β-amino-alcohol motifs (C(OH)–C–C–N with tert-alkyl or cyclic N) is 1. The van der Waals surface area contributed by atoms with Gasteiger partial charge in [0.2, 0.25) is 0 Å². The highest BCUT2D eigenvalue weighted by Gasteiger charge is 2.29. The number of hydrogen-bond donors (Lipinski definition) is 1. The third kappa shape index (κ3) is 3.35. The fraction of sp³-hybridized carbons (Fsp3) is 0.625. The molecule has 2 saturated heterocycles. The predicted molar refractivity (Wildman–Crippen MR) is 76.9 cm³/mol. The van der Waals surface area contributed by atoms with Crippen LogP contribution in [0, 0.1) is 0 Å². The largest absolute Gasteiger partial charge is 0.392 e. The van der Waals surface area contributed by atoms with E-state index in [1.165, 1.54) is 31.5 Å². The summed E-state index contributed by atoms with van der Waals surface area (Å²) in [6, 6.07) is 11.4. The predicted octanol–water partition coefficient (Wildman–Crippen LogP) is 1.72. The van der Waals surface area contributed by atoms with Crippen LogP contribution in [0.25, 0.3) is 0 Å². The average molecular weight is 260 g/mol. The first-order valence-electron chi connectivity index (χ1n) is 7.49. The summed E-state index contributed by atoms with van der Waals surface area (Å²) in [5.74, 6) is 0. The molecule has 0 unspecified atom stereocenters. The van der Waals surface area contributed by atoms with Crippen molar-refractivity contribution < 1.29 is 5.11 Å². The van der Waals surface area contributed by atoms with E-state index in [0.717, 1.165) is 26.1 Å². The summed E-state index contributed by atoms with van der Waals surface area (Å²) in [6.07, 6.45) is 3.38. The van der Waals surface area contributed by atoms with Gasteiger partial charge in [-0.15, -0.1) is 0 Å². The van der Waals surface area contributed by atoms with Gasteiger partial charge in [0, 0.05) is 25.7 Å². The van der Waals surface area contributed by atoms with Gasteiger partial charge in [0.25, 0.3) is 0 Å². The molecular formula is C16H24N2O. The van der Waals surface area contributed by atoms with E-state index in [-0.39, 0.29) is 6.10 Å². The molecule has 3 nitrogen and oxygen atoms in total. The lowest BCUT2D eigenvalue weighted by Gasteiger charge is -2.36. The Morgan fingerprint density at radius 2 is 1.74 bits per heavy atom. The number of hydrogen-bond acceptors (Lipinski definition) is 3. The highest BCUT2D eigenvalue weighted by Crippen LogP contribution is 2.22. The quantitative estimate of drug-likeness (QED) is 0.896. The van der Waals surface area contributed by atoms with Crippen molar-refractivity contribution in [1.82, 2.24) is 9.80 Å². The van der Waals surface area contributed by atoms with Crippen molar-refractivity contribution in [2.24, 2.45) is 0 Å². The van der Waals surface area contributed by atoms with Crippen LogP contribution in [0.3, 0.4) is 0 Å². The molecule has 0 radical (unpaired) electrons. The number of rotatable bonds is 3. The number of nitrogens with zero attached hydrogens (tertiary/aromatic N) is 2. The molecule has 3 rings (SSSR count). The summed E-state index contributed by atoms with van der Waals surface area (Å²) in [5.41, 5.74) is 1.41.